The van der Waals surface area contributed by atoms with Crippen LogP contribution in [0.15, 0.2) is 48.5 Å². The first-order valence-corrected chi connectivity index (χ1v) is 9.79. The van der Waals surface area contributed by atoms with E-state index >= 15 is 0 Å². The molecule has 1 heterocycles. The van der Waals surface area contributed by atoms with Gasteiger partial charge in [0.15, 0.2) is 6.10 Å². The Bertz CT molecular complexity index is 982. The number of benzene rings is 2. The lowest BCUT2D eigenvalue weighted by molar-refractivity contribution is -0.128. The predicted molar refractivity (Wildman–Crippen MR) is 110 cm³/mol. The molecule has 1 atom stereocenters. The minimum Gasteiger partial charge on any atom is -0.494 e. The van der Waals surface area contributed by atoms with Gasteiger partial charge in [0.1, 0.15) is 11.5 Å². The van der Waals surface area contributed by atoms with Gasteiger partial charge in [-0.25, -0.2) is 0 Å². The highest BCUT2D eigenvalue weighted by Gasteiger charge is 2.18. The average molecular weight is 398 g/mol. The molecule has 3 rings (SSSR count). The summed E-state index contributed by atoms with van der Waals surface area (Å²) >= 11 is 1.39. The first-order chi connectivity index (χ1) is 13.5. The largest absolute Gasteiger partial charge is 0.494 e. The minimum absolute atomic E-state index is 0.347. The van der Waals surface area contributed by atoms with Crippen molar-refractivity contribution in [2.45, 2.75) is 26.9 Å². The molecule has 0 saturated heterocycles. The van der Waals surface area contributed by atoms with Gasteiger partial charge in [-0.1, -0.05) is 18.2 Å². The van der Waals surface area contributed by atoms with Crippen LogP contribution in [-0.4, -0.2) is 24.5 Å². The zero-order valence-corrected chi connectivity index (χ0v) is 16.8. The van der Waals surface area contributed by atoms with Crippen molar-refractivity contribution < 1.29 is 19.1 Å². The Morgan fingerprint density at radius 2 is 1.71 bits per heavy atom. The molecule has 2 aromatic carbocycles. The fraction of sp³-hybridized carbons (Fsp3) is 0.238. The Morgan fingerprint density at radius 3 is 2.39 bits per heavy atom. The van der Waals surface area contributed by atoms with Gasteiger partial charge in [0.2, 0.25) is 0 Å². The van der Waals surface area contributed by atoms with Gasteiger partial charge in [-0.05, 0) is 62.1 Å². The van der Waals surface area contributed by atoms with E-state index in [1.807, 2.05) is 38.1 Å². The third-order valence-electron chi connectivity index (χ3n) is 4.17. The second-order valence-electron chi connectivity index (χ2n) is 6.16. The van der Waals surface area contributed by atoms with Crippen LogP contribution in [0.4, 0.5) is 0 Å². The van der Waals surface area contributed by atoms with E-state index in [4.69, 9.17) is 9.47 Å². The Hall–Kier alpha value is -3.06. The van der Waals surface area contributed by atoms with E-state index in [1.165, 1.54) is 11.3 Å². The maximum Gasteiger partial charge on any atom is 0.280 e. The number of fused-ring (bicyclic) bond motifs is 1. The molecule has 0 aliphatic carbocycles. The van der Waals surface area contributed by atoms with Crippen molar-refractivity contribution in [3.05, 3.63) is 59.0 Å². The number of aryl methyl sites for hydroxylation is 1. The van der Waals surface area contributed by atoms with Crippen molar-refractivity contribution in [2.24, 2.45) is 0 Å². The third kappa shape index (κ3) is 4.43. The molecule has 0 unspecified atom stereocenters. The van der Waals surface area contributed by atoms with E-state index in [2.05, 4.69) is 10.9 Å². The molecule has 7 heteroatoms. The van der Waals surface area contributed by atoms with Crippen LogP contribution >= 0.6 is 11.3 Å². The number of hydrazine groups is 1. The first kappa shape index (κ1) is 19.7. The number of hydrogen-bond acceptors (Lipinski definition) is 5. The molecular weight excluding hydrogens is 376 g/mol. The van der Waals surface area contributed by atoms with Crippen LogP contribution in [-0.2, 0) is 4.79 Å². The molecule has 0 bridgehead atoms. The zero-order valence-electron chi connectivity index (χ0n) is 15.9. The fourth-order valence-corrected chi connectivity index (χ4v) is 3.81. The summed E-state index contributed by atoms with van der Waals surface area (Å²) in [4.78, 5) is 25.3. The average Bonchev–Trinajstić information content (AvgIpc) is 3.04. The zero-order chi connectivity index (χ0) is 20.1. The molecule has 146 valence electrons. The number of rotatable bonds is 6. The Balaban J connectivity index is 1.56. The molecule has 6 nitrogen and oxygen atoms in total. The van der Waals surface area contributed by atoms with Gasteiger partial charge in [-0.2, -0.15) is 0 Å². The summed E-state index contributed by atoms with van der Waals surface area (Å²) < 4.78 is 12.0. The molecule has 1 aromatic heterocycles. The first-order valence-electron chi connectivity index (χ1n) is 8.97. The monoisotopic (exact) mass is 398 g/mol. The number of carbonyl (C=O) groups excluding carboxylic acids is 2. The van der Waals surface area contributed by atoms with Crippen molar-refractivity contribution in [2.75, 3.05) is 6.61 Å². The van der Waals surface area contributed by atoms with Crippen molar-refractivity contribution in [1.29, 1.82) is 0 Å². The SMILES string of the molecule is CCOc1ccc(O[C@H](C)C(=O)NNC(=O)c2sc3ccccc3c2C)cc1. The summed E-state index contributed by atoms with van der Waals surface area (Å²) in [5, 5.41) is 1.04. The standard InChI is InChI=1S/C21H22N2O4S/c1-4-26-15-9-11-16(12-10-15)27-14(3)20(24)22-23-21(25)19-13(2)17-7-5-6-8-18(17)28-19/h5-12,14H,4H2,1-3H3,(H,22,24)(H,23,25)/t14-/m1/s1. The van der Waals surface area contributed by atoms with Gasteiger partial charge in [0.05, 0.1) is 11.5 Å². The molecule has 0 aliphatic rings. The predicted octanol–water partition coefficient (Wildman–Crippen LogP) is 3.84. The van der Waals surface area contributed by atoms with E-state index in [-0.39, 0.29) is 5.91 Å². The number of ether oxygens (including phenoxy) is 2. The van der Waals surface area contributed by atoms with Gasteiger partial charge in [0.25, 0.3) is 11.8 Å². The number of thiophene rings is 1. The number of nitrogens with one attached hydrogen (secondary N) is 2. The minimum atomic E-state index is -0.776. The van der Waals surface area contributed by atoms with Gasteiger partial charge in [-0.15, -0.1) is 11.3 Å². The second-order valence-corrected chi connectivity index (χ2v) is 7.21. The number of hydrogen-bond donors (Lipinski definition) is 2. The van der Waals surface area contributed by atoms with Crippen molar-refractivity contribution in [1.82, 2.24) is 10.9 Å². The Kier molecular flexibility index (Phi) is 6.16. The molecule has 0 fully saturated rings. The molecule has 0 saturated carbocycles. The molecule has 3 aromatic rings. The fourth-order valence-electron chi connectivity index (χ4n) is 2.71. The van der Waals surface area contributed by atoms with Crippen molar-refractivity contribution in [3.8, 4) is 11.5 Å². The van der Waals surface area contributed by atoms with E-state index < -0.39 is 12.0 Å². The van der Waals surface area contributed by atoms with Crippen LogP contribution in [0.2, 0.25) is 0 Å². The van der Waals surface area contributed by atoms with Crippen LogP contribution < -0.4 is 20.3 Å². The summed E-state index contributed by atoms with van der Waals surface area (Å²) in [7, 11) is 0. The lowest BCUT2D eigenvalue weighted by Gasteiger charge is -2.15. The second kappa shape index (κ2) is 8.75. The molecular formula is C21H22N2O4S. The summed E-state index contributed by atoms with van der Waals surface area (Å²) in [6, 6.07) is 14.8. The number of carbonyl (C=O) groups is 2. The highest BCUT2D eigenvalue weighted by Crippen LogP contribution is 2.30. The summed E-state index contributed by atoms with van der Waals surface area (Å²) in [6.07, 6.45) is -0.776. The van der Waals surface area contributed by atoms with Gasteiger partial charge < -0.3 is 9.47 Å². The lowest BCUT2D eigenvalue weighted by atomic mass is 10.1. The molecule has 2 N–H and O–H groups in total. The van der Waals surface area contributed by atoms with E-state index in [0.717, 1.165) is 21.4 Å². The van der Waals surface area contributed by atoms with E-state index in [1.54, 1.807) is 31.2 Å². The highest BCUT2D eigenvalue weighted by atomic mass is 32.1. The summed E-state index contributed by atoms with van der Waals surface area (Å²) in [5.74, 6) is 0.483. The van der Waals surface area contributed by atoms with Crippen molar-refractivity contribution in [3.63, 3.8) is 0 Å². The molecule has 0 aliphatic heterocycles. The van der Waals surface area contributed by atoms with Gasteiger partial charge >= 0.3 is 0 Å². The maximum absolute atomic E-state index is 12.4. The quantitative estimate of drug-likeness (QED) is 0.619. The van der Waals surface area contributed by atoms with Gasteiger partial charge in [-0.3, -0.25) is 20.4 Å². The highest BCUT2D eigenvalue weighted by molar-refractivity contribution is 7.21. The van der Waals surface area contributed by atoms with Crippen LogP contribution in [0.3, 0.4) is 0 Å². The summed E-state index contributed by atoms with van der Waals surface area (Å²) in [6.45, 7) is 6.00. The summed E-state index contributed by atoms with van der Waals surface area (Å²) in [5.41, 5.74) is 5.78. The van der Waals surface area contributed by atoms with Crippen LogP contribution in [0.1, 0.15) is 29.1 Å². The normalized spacial score (nSPS) is 11.7. The van der Waals surface area contributed by atoms with E-state index in [0.29, 0.717) is 17.2 Å². The van der Waals surface area contributed by atoms with Crippen LogP contribution in [0.5, 0.6) is 11.5 Å². The van der Waals surface area contributed by atoms with Crippen LogP contribution in [0, 0.1) is 6.92 Å². The molecule has 28 heavy (non-hydrogen) atoms. The molecule has 0 radical (unpaired) electrons. The topological polar surface area (TPSA) is 76.7 Å². The third-order valence-corrected chi connectivity index (χ3v) is 5.44. The smallest absolute Gasteiger partial charge is 0.280 e. The Morgan fingerprint density at radius 1 is 1.04 bits per heavy atom. The molecule has 2 amide bonds. The van der Waals surface area contributed by atoms with Gasteiger partial charge in [0, 0.05) is 4.70 Å². The maximum atomic E-state index is 12.4. The lowest BCUT2D eigenvalue weighted by Crippen LogP contribution is -2.47. The molecule has 0 spiro atoms. The Labute approximate surface area is 167 Å². The number of amides is 2. The van der Waals surface area contributed by atoms with Crippen LogP contribution in [0.25, 0.3) is 10.1 Å². The van der Waals surface area contributed by atoms with E-state index in [9.17, 15) is 9.59 Å². The van der Waals surface area contributed by atoms with Crippen molar-refractivity contribution >= 4 is 33.2 Å².